The Bertz CT molecular complexity index is 1280. The number of ether oxygens (including phenoxy) is 1. The van der Waals surface area contributed by atoms with Crippen LogP contribution in [0.25, 0.3) is 0 Å². The van der Waals surface area contributed by atoms with Gasteiger partial charge in [0, 0.05) is 17.1 Å². The molecular formula is C26H24N4O4. The second kappa shape index (κ2) is 10.4. The third-order valence-electron chi connectivity index (χ3n) is 5.09. The Kier molecular flexibility index (Phi) is 6.88. The molecule has 1 heterocycles. The number of urea groups is 1. The Balaban J connectivity index is 1.41. The number of para-hydroxylation sites is 2. The molecule has 0 saturated carbocycles. The molecule has 0 aliphatic carbocycles. The maximum absolute atomic E-state index is 13.0. The van der Waals surface area contributed by atoms with E-state index < -0.39 is 0 Å². The smallest absolute Gasteiger partial charge is 0.323 e. The zero-order valence-corrected chi connectivity index (χ0v) is 18.8. The predicted octanol–water partition coefficient (Wildman–Crippen LogP) is 5.77. The summed E-state index contributed by atoms with van der Waals surface area (Å²) in [5, 5.41) is 12.3. The van der Waals surface area contributed by atoms with Gasteiger partial charge in [0.15, 0.2) is 0 Å². The van der Waals surface area contributed by atoms with E-state index in [1.54, 1.807) is 60.7 Å². The Labute approximate surface area is 196 Å². The summed E-state index contributed by atoms with van der Waals surface area (Å²) in [6, 6.07) is 22.6. The molecule has 0 unspecified atom stereocenters. The van der Waals surface area contributed by atoms with Crippen LogP contribution in [0.4, 0.5) is 21.9 Å². The number of nitrogens with one attached hydrogen (secondary N) is 3. The lowest BCUT2D eigenvalue weighted by Crippen LogP contribution is -2.19. The molecule has 0 aliphatic heterocycles. The lowest BCUT2D eigenvalue weighted by Gasteiger charge is -2.13. The summed E-state index contributed by atoms with van der Waals surface area (Å²) in [6.45, 7) is 3.90. The SMILES string of the molecule is Cc1noc(C)c1COc1ccccc1C(=O)Nc1cccc(NC(=O)Nc2ccccc2)c1. The Morgan fingerprint density at radius 2 is 1.47 bits per heavy atom. The summed E-state index contributed by atoms with van der Waals surface area (Å²) < 4.78 is 11.1. The van der Waals surface area contributed by atoms with Crippen molar-refractivity contribution < 1.29 is 18.8 Å². The van der Waals surface area contributed by atoms with Crippen molar-refractivity contribution in [1.29, 1.82) is 0 Å². The summed E-state index contributed by atoms with van der Waals surface area (Å²) in [7, 11) is 0. The van der Waals surface area contributed by atoms with Crippen LogP contribution in [-0.4, -0.2) is 17.1 Å². The first-order chi connectivity index (χ1) is 16.5. The van der Waals surface area contributed by atoms with E-state index in [0.29, 0.717) is 34.1 Å². The first-order valence-corrected chi connectivity index (χ1v) is 10.7. The Morgan fingerprint density at radius 3 is 2.21 bits per heavy atom. The Morgan fingerprint density at radius 1 is 0.824 bits per heavy atom. The van der Waals surface area contributed by atoms with Crippen molar-refractivity contribution in [2.24, 2.45) is 0 Å². The summed E-state index contributed by atoms with van der Waals surface area (Å²) in [4.78, 5) is 25.2. The van der Waals surface area contributed by atoms with Crippen LogP contribution in [0.2, 0.25) is 0 Å². The van der Waals surface area contributed by atoms with Gasteiger partial charge in [0.05, 0.1) is 16.8 Å². The molecule has 0 atom stereocenters. The van der Waals surface area contributed by atoms with Crippen LogP contribution in [0, 0.1) is 13.8 Å². The van der Waals surface area contributed by atoms with Gasteiger partial charge in [0.25, 0.3) is 5.91 Å². The topological polar surface area (TPSA) is 105 Å². The average molecular weight is 457 g/mol. The van der Waals surface area contributed by atoms with E-state index in [9.17, 15) is 9.59 Å². The van der Waals surface area contributed by atoms with Crippen LogP contribution in [-0.2, 0) is 6.61 Å². The molecule has 0 radical (unpaired) electrons. The molecule has 1 aromatic heterocycles. The molecule has 8 heteroatoms. The number of anilines is 3. The van der Waals surface area contributed by atoms with Crippen LogP contribution >= 0.6 is 0 Å². The van der Waals surface area contributed by atoms with Gasteiger partial charge in [-0.15, -0.1) is 0 Å². The molecule has 4 aromatic rings. The third kappa shape index (κ3) is 5.60. The van der Waals surface area contributed by atoms with Gasteiger partial charge in [0.2, 0.25) is 0 Å². The number of nitrogens with zero attached hydrogens (tertiary/aromatic N) is 1. The van der Waals surface area contributed by atoms with Gasteiger partial charge in [-0.2, -0.15) is 0 Å². The minimum absolute atomic E-state index is 0.237. The summed E-state index contributed by atoms with van der Waals surface area (Å²) in [5.41, 5.74) is 3.73. The highest BCUT2D eigenvalue weighted by molar-refractivity contribution is 6.06. The van der Waals surface area contributed by atoms with Crippen molar-refractivity contribution in [2.45, 2.75) is 20.5 Å². The molecule has 34 heavy (non-hydrogen) atoms. The van der Waals surface area contributed by atoms with E-state index in [1.165, 1.54) is 0 Å². The van der Waals surface area contributed by atoms with E-state index in [0.717, 1.165) is 11.3 Å². The molecule has 0 bridgehead atoms. The highest BCUT2D eigenvalue weighted by atomic mass is 16.5. The number of carbonyl (C=O) groups excluding carboxylic acids is 2. The van der Waals surface area contributed by atoms with Crippen LogP contribution < -0.4 is 20.7 Å². The number of carbonyl (C=O) groups is 2. The minimum atomic E-state index is -0.382. The van der Waals surface area contributed by atoms with E-state index in [-0.39, 0.29) is 18.5 Å². The zero-order chi connectivity index (χ0) is 23.9. The molecule has 0 aliphatic rings. The fourth-order valence-corrected chi connectivity index (χ4v) is 3.33. The summed E-state index contributed by atoms with van der Waals surface area (Å²) in [6.07, 6.45) is 0. The van der Waals surface area contributed by atoms with Crippen molar-refractivity contribution in [3.05, 3.63) is 101 Å². The minimum Gasteiger partial charge on any atom is -0.488 e. The molecule has 0 saturated heterocycles. The lowest BCUT2D eigenvalue weighted by molar-refractivity contribution is 0.102. The van der Waals surface area contributed by atoms with Crippen LogP contribution in [0.15, 0.2) is 83.4 Å². The zero-order valence-electron chi connectivity index (χ0n) is 18.8. The van der Waals surface area contributed by atoms with Crippen molar-refractivity contribution in [1.82, 2.24) is 5.16 Å². The molecule has 8 nitrogen and oxygen atoms in total. The fraction of sp³-hybridized carbons (Fsp3) is 0.115. The number of aromatic nitrogens is 1. The molecule has 3 aromatic carbocycles. The van der Waals surface area contributed by atoms with Gasteiger partial charge in [-0.1, -0.05) is 41.6 Å². The first kappa shape index (κ1) is 22.6. The van der Waals surface area contributed by atoms with E-state index in [2.05, 4.69) is 21.1 Å². The van der Waals surface area contributed by atoms with Crippen LogP contribution in [0.1, 0.15) is 27.4 Å². The van der Waals surface area contributed by atoms with Crippen LogP contribution in [0.3, 0.4) is 0 Å². The van der Waals surface area contributed by atoms with Crippen LogP contribution in [0.5, 0.6) is 5.75 Å². The number of benzene rings is 3. The number of rotatable bonds is 7. The maximum Gasteiger partial charge on any atom is 0.323 e. The van der Waals surface area contributed by atoms with Crippen molar-refractivity contribution >= 4 is 29.0 Å². The molecule has 0 spiro atoms. The second-order valence-corrected chi connectivity index (χ2v) is 7.57. The van der Waals surface area contributed by atoms with Gasteiger partial charge in [-0.25, -0.2) is 4.79 Å². The quantitative estimate of drug-likeness (QED) is 0.328. The normalized spacial score (nSPS) is 10.4. The maximum atomic E-state index is 13.0. The predicted molar refractivity (Wildman–Crippen MR) is 130 cm³/mol. The van der Waals surface area contributed by atoms with Gasteiger partial charge in [-0.3, -0.25) is 4.79 Å². The van der Waals surface area contributed by atoms with Gasteiger partial charge in [0.1, 0.15) is 18.1 Å². The summed E-state index contributed by atoms with van der Waals surface area (Å²) >= 11 is 0. The highest BCUT2D eigenvalue weighted by Crippen LogP contribution is 2.23. The molecular weight excluding hydrogens is 432 g/mol. The van der Waals surface area contributed by atoms with E-state index in [4.69, 9.17) is 9.26 Å². The number of hydrogen-bond acceptors (Lipinski definition) is 5. The van der Waals surface area contributed by atoms with Gasteiger partial charge >= 0.3 is 6.03 Å². The average Bonchev–Trinajstić information content (AvgIpc) is 3.15. The number of hydrogen-bond donors (Lipinski definition) is 3. The van der Waals surface area contributed by atoms with Crippen molar-refractivity contribution in [3.8, 4) is 5.75 Å². The number of aryl methyl sites for hydroxylation is 2. The second-order valence-electron chi connectivity index (χ2n) is 7.57. The lowest BCUT2D eigenvalue weighted by atomic mass is 10.1. The van der Waals surface area contributed by atoms with Crippen molar-refractivity contribution in [3.63, 3.8) is 0 Å². The molecule has 3 N–H and O–H groups in total. The Hall–Kier alpha value is -4.59. The van der Waals surface area contributed by atoms with Gasteiger partial charge in [-0.05, 0) is 56.3 Å². The van der Waals surface area contributed by atoms with E-state index in [1.807, 2.05) is 32.0 Å². The molecule has 4 rings (SSSR count). The summed E-state index contributed by atoms with van der Waals surface area (Å²) in [5.74, 6) is 0.789. The molecule has 0 fully saturated rings. The molecule has 3 amide bonds. The highest BCUT2D eigenvalue weighted by Gasteiger charge is 2.15. The van der Waals surface area contributed by atoms with E-state index >= 15 is 0 Å². The van der Waals surface area contributed by atoms with Gasteiger partial charge < -0.3 is 25.2 Å². The van der Waals surface area contributed by atoms with Crippen molar-refractivity contribution in [2.75, 3.05) is 16.0 Å². The first-order valence-electron chi connectivity index (χ1n) is 10.7. The standard InChI is InChI=1S/C26H24N4O4/c1-17-23(18(2)34-30-17)16-33-24-14-7-6-13-22(24)25(31)27-20-11-8-12-21(15-20)29-26(32)28-19-9-4-3-5-10-19/h3-15H,16H2,1-2H3,(H,27,31)(H2,28,29,32). The molecule has 172 valence electrons. The monoisotopic (exact) mass is 456 g/mol. The number of amides is 3. The largest absolute Gasteiger partial charge is 0.488 e. The third-order valence-corrected chi connectivity index (χ3v) is 5.09. The fourth-order valence-electron chi connectivity index (χ4n) is 3.33.